The summed E-state index contributed by atoms with van der Waals surface area (Å²) in [5, 5.41) is 13.5. The Morgan fingerprint density at radius 1 is 1.23 bits per heavy atom. The molecular weight excluding hydrogens is 393 g/mol. The minimum Gasteiger partial charge on any atom is -0.383 e. The summed E-state index contributed by atoms with van der Waals surface area (Å²) >= 11 is 0. The maximum atomic E-state index is 13.2. The van der Waals surface area contributed by atoms with Crippen molar-refractivity contribution in [1.82, 2.24) is 19.7 Å². The third kappa shape index (κ3) is 3.54. The molecule has 2 N–H and O–H groups in total. The maximum Gasteiger partial charge on any atom is 0.419 e. The fourth-order valence-electron chi connectivity index (χ4n) is 4.67. The Bertz CT molecular complexity index is 978. The lowest BCUT2D eigenvalue weighted by Crippen LogP contribution is -2.33. The van der Waals surface area contributed by atoms with Crippen molar-refractivity contribution in [3.05, 3.63) is 29.6 Å². The van der Waals surface area contributed by atoms with Gasteiger partial charge in [-0.2, -0.15) is 23.5 Å². The fourth-order valence-corrected chi connectivity index (χ4v) is 4.67. The Labute approximate surface area is 173 Å². The summed E-state index contributed by atoms with van der Waals surface area (Å²) < 4.78 is 41.6. The average molecular weight is 418 g/mol. The van der Waals surface area contributed by atoms with E-state index in [0.717, 1.165) is 24.8 Å². The molecule has 2 aromatic rings. The molecule has 1 aliphatic heterocycles. The lowest BCUT2D eigenvalue weighted by atomic mass is 10.1. The summed E-state index contributed by atoms with van der Waals surface area (Å²) in [6, 6.07) is 5.50. The highest BCUT2D eigenvalue weighted by molar-refractivity contribution is 5.63. The van der Waals surface area contributed by atoms with E-state index in [1.54, 1.807) is 0 Å². The first-order valence-corrected chi connectivity index (χ1v) is 10.1. The van der Waals surface area contributed by atoms with Gasteiger partial charge in [-0.3, -0.25) is 9.58 Å². The van der Waals surface area contributed by atoms with E-state index in [9.17, 15) is 13.2 Å². The molecule has 0 spiro atoms. The second kappa shape index (κ2) is 7.27. The summed E-state index contributed by atoms with van der Waals surface area (Å²) in [5.74, 6) is 0.827. The first-order chi connectivity index (χ1) is 14.1. The molecule has 2 fully saturated rings. The van der Waals surface area contributed by atoms with Gasteiger partial charge in [0.15, 0.2) is 0 Å². The summed E-state index contributed by atoms with van der Waals surface area (Å²) in [7, 11) is 0. The second-order valence-corrected chi connectivity index (χ2v) is 8.67. The molecule has 30 heavy (non-hydrogen) atoms. The van der Waals surface area contributed by atoms with E-state index in [2.05, 4.69) is 28.0 Å². The third-order valence-corrected chi connectivity index (χ3v) is 6.35. The van der Waals surface area contributed by atoms with E-state index < -0.39 is 17.6 Å². The number of fused-ring (bicyclic) bond motifs is 1. The molecule has 1 aliphatic carbocycles. The van der Waals surface area contributed by atoms with E-state index in [0.29, 0.717) is 35.4 Å². The zero-order valence-corrected chi connectivity index (χ0v) is 17.2. The van der Waals surface area contributed by atoms with Crippen LogP contribution in [0.2, 0.25) is 0 Å². The van der Waals surface area contributed by atoms with Gasteiger partial charge in [0, 0.05) is 48.5 Å². The molecule has 2 aliphatic rings. The zero-order chi connectivity index (χ0) is 21.8. The normalized spacial score (nSPS) is 24.7. The van der Waals surface area contributed by atoms with Gasteiger partial charge in [0.25, 0.3) is 0 Å². The van der Waals surface area contributed by atoms with Gasteiger partial charge in [0.1, 0.15) is 5.82 Å². The van der Waals surface area contributed by atoms with Crippen molar-refractivity contribution in [2.45, 2.75) is 51.4 Å². The Morgan fingerprint density at radius 2 is 1.90 bits per heavy atom. The van der Waals surface area contributed by atoms with Crippen molar-refractivity contribution in [3.63, 3.8) is 0 Å². The Kier molecular flexibility index (Phi) is 5.01. The van der Waals surface area contributed by atoms with Crippen LogP contribution in [0.25, 0.3) is 11.3 Å². The highest BCUT2D eigenvalue weighted by Gasteiger charge is 2.58. The minimum atomic E-state index is -4.56. The number of pyridine rings is 1. The molecule has 160 valence electrons. The Hall–Kier alpha value is -2.60. The van der Waals surface area contributed by atoms with Crippen LogP contribution in [-0.4, -0.2) is 38.8 Å². The van der Waals surface area contributed by atoms with Crippen molar-refractivity contribution in [3.8, 4) is 17.3 Å². The van der Waals surface area contributed by atoms with Gasteiger partial charge < -0.3 is 5.73 Å². The van der Waals surface area contributed by atoms with Crippen LogP contribution in [0.4, 0.5) is 19.0 Å². The quantitative estimate of drug-likeness (QED) is 0.791. The number of aromatic nitrogens is 3. The lowest BCUT2D eigenvalue weighted by molar-refractivity contribution is -0.137. The molecule has 2 aromatic heterocycles. The highest BCUT2D eigenvalue weighted by atomic mass is 19.4. The van der Waals surface area contributed by atoms with Crippen molar-refractivity contribution in [2.75, 3.05) is 18.8 Å². The van der Waals surface area contributed by atoms with Crippen LogP contribution in [0, 0.1) is 23.2 Å². The maximum absolute atomic E-state index is 13.2. The average Bonchev–Trinajstić information content (AvgIpc) is 3.03. The second-order valence-electron chi connectivity index (χ2n) is 8.67. The number of anilines is 1. The van der Waals surface area contributed by atoms with Gasteiger partial charge in [0.2, 0.25) is 0 Å². The van der Waals surface area contributed by atoms with Crippen molar-refractivity contribution in [2.24, 2.45) is 11.8 Å². The van der Waals surface area contributed by atoms with E-state index in [1.165, 1.54) is 6.20 Å². The molecule has 4 rings (SSSR count). The minimum absolute atomic E-state index is 0.0903. The predicted molar refractivity (Wildman–Crippen MR) is 106 cm³/mol. The predicted octanol–water partition coefficient (Wildman–Crippen LogP) is 4.07. The molecular formula is C21H25F3N6. The molecule has 1 saturated heterocycles. The van der Waals surface area contributed by atoms with Gasteiger partial charge in [0.05, 0.1) is 23.7 Å². The molecule has 0 bridgehead atoms. The standard InChI is InChI=1S/C21H25F3N6/c1-11(2)30-18(19-14-9-29(10-15(14)19)12(3)4-5-25)7-17(28-30)13-6-16(21(22,23)24)20(26)27-8-13/h6-8,11-12,14-15,19H,4,9-10H2,1-3H3,(H2,26,27)/t12?,14-,15+,19+. The number of piperidine rings is 1. The topological polar surface area (TPSA) is 83.8 Å². The van der Waals surface area contributed by atoms with Crippen molar-refractivity contribution in [1.29, 1.82) is 5.26 Å². The largest absolute Gasteiger partial charge is 0.419 e. The van der Waals surface area contributed by atoms with Crippen LogP contribution in [-0.2, 0) is 6.18 Å². The number of hydrogen-bond donors (Lipinski definition) is 1. The number of rotatable bonds is 5. The van der Waals surface area contributed by atoms with E-state index in [4.69, 9.17) is 11.0 Å². The summed E-state index contributed by atoms with van der Waals surface area (Å²) in [6.07, 6.45) is -2.70. The van der Waals surface area contributed by atoms with Gasteiger partial charge in [-0.05, 0) is 44.7 Å². The van der Waals surface area contributed by atoms with Crippen molar-refractivity contribution < 1.29 is 13.2 Å². The number of nitrogens with two attached hydrogens (primary N) is 1. The number of nitrogen functional groups attached to an aromatic ring is 1. The van der Waals surface area contributed by atoms with E-state index in [-0.39, 0.29) is 12.1 Å². The highest BCUT2D eigenvalue weighted by Crippen LogP contribution is 2.59. The van der Waals surface area contributed by atoms with Crippen LogP contribution in [0.1, 0.15) is 50.4 Å². The Balaban J connectivity index is 1.61. The van der Waals surface area contributed by atoms with Crippen LogP contribution in [0.3, 0.4) is 0 Å². The summed E-state index contributed by atoms with van der Waals surface area (Å²) in [5.41, 5.74) is 6.35. The summed E-state index contributed by atoms with van der Waals surface area (Å²) in [6.45, 7) is 7.99. The lowest BCUT2D eigenvalue weighted by Gasteiger charge is -2.25. The van der Waals surface area contributed by atoms with Crippen LogP contribution in [0.5, 0.6) is 0 Å². The molecule has 1 unspecified atom stereocenters. The molecule has 4 atom stereocenters. The molecule has 1 saturated carbocycles. The number of halogens is 3. The number of hydrogen-bond acceptors (Lipinski definition) is 5. The summed E-state index contributed by atoms with van der Waals surface area (Å²) in [4.78, 5) is 6.10. The monoisotopic (exact) mass is 418 g/mol. The molecule has 3 heterocycles. The molecule has 0 amide bonds. The first kappa shape index (κ1) is 20.7. The van der Waals surface area contributed by atoms with Gasteiger partial charge in [-0.1, -0.05) is 0 Å². The van der Waals surface area contributed by atoms with E-state index in [1.807, 2.05) is 24.6 Å². The van der Waals surface area contributed by atoms with Gasteiger partial charge in [-0.25, -0.2) is 4.98 Å². The number of likely N-dealkylation sites (tertiary alicyclic amines) is 1. The fraction of sp³-hybridized carbons (Fsp3) is 0.571. The number of nitriles is 1. The Morgan fingerprint density at radius 3 is 2.47 bits per heavy atom. The van der Waals surface area contributed by atoms with E-state index >= 15 is 0 Å². The molecule has 0 aromatic carbocycles. The number of nitrogens with zero attached hydrogens (tertiary/aromatic N) is 5. The zero-order valence-electron chi connectivity index (χ0n) is 17.2. The smallest absolute Gasteiger partial charge is 0.383 e. The SMILES string of the molecule is CC(CC#N)N1C[C@@H]2[C@H](C1)[C@H]2c1cc(-c2cnc(N)c(C(F)(F)F)c2)nn1C(C)C. The third-order valence-electron chi connectivity index (χ3n) is 6.35. The van der Waals surface area contributed by atoms with Crippen LogP contribution < -0.4 is 5.73 Å². The van der Waals surface area contributed by atoms with Gasteiger partial charge >= 0.3 is 6.18 Å². The molecule has 6 nitrogen and oxygen atoms in total. The molecule has 9 heteroatoms. The van der Waals surface area contributed by atoms with Crippen LogP contribution >= 0.6 is 0 Å². The first-order valence-electron chi connectivity index (χ1n) is 10.1. The van der Waals surface area contributed by atoms with Gasteiger partial charge in [-0.15, -0.1) is 0 Å². The van der Waals surface area contributed by atoms with Crippen LogP contribution in [0.15, 0.2) is 18.3 Å². The van der Waals surface area contributed by atoms with Crippen molar-refractivity contribution >= 4 is 5.82 Å². The molecule has 0 radical (unpaired) electrons. The number of alkyl halides is 3.